The van der Waals surface area contributed by atoms with Gasteiger partial charge in [-0.25, -0.2) is 4.39 Å². The van der Waals surface area contributed by atoms with E-state index in [0.717, 1.165) is 19.1 Å². The smallest absolute Gasteiger partial charge is 0.418 e. The van der Waals surface area contributed by atoms with E-state index in [9.17, 15) is 22.4 Å². The molecule has 0 fully saturated rings. The molecule has 4 nitrogen and oxygen atoms in total. The first-order valence-corrected chi connectivity index (χ1v) is 7.79. The molecule has 9 heteroatoms. The first-order valence-electron chi connectivity index (χ1n) is 7.41. The van der Waals surface area contributed by atoms with Gasteiger partial charge in [0.1, 0.15) is 17.5 Å². The van der Waals surface area contributed by atoms with Crippen LogP contribution in [0.1, 0.15) is 25.0 Å². The number of hydrogen-bond donors (Lipinski definition) is 0. The lowest BCUT2D eigenvalue weighted by Crippen LogP contribution is -2.28. The Morgan fingerprint density at radius 1 is 1.38 bits per heavy atom. The minimum absolute atomic E-state index is 0.0461. The Hall–Kier alpha value is -2.35. The molecule has 1 heterocycles. The summed E-state index contributed by atoms with van der Waals surface area (Å²) in [5.74, 6) is -0.885. The highest BCUT2D eigenvalue weighted by molar-refractivity contribution is 6.32. The maximum Gasteiger partial charge on any atom is 0.418 e. The number of halogens is 5. The Kier molecular flexibility index (Phi) is 5.46. The van der Waals surface area contributed by atoms with E-state index >= 15 is 0 Å². The zero-order valence-corrected chi connectivity index (χ0v) is 14.9. The number of rotatable bonds is 4. The van der Waals surface area contributed by atoms with Crippen LogP contribution in [0.5, 0.6) is 5.75 Å². The van der Waals surface area contributed by atoms with Crippen molar-refractivity contribution in [2.45, 2.75) is 33.1 Å². The number of hydrogen-bond acceptors (Lipinski definition) is 3. The van der Waals surface area contributed by atoms with Crippen LogP contribution >= 0.6 is 11.6 Å². The maximum atomic E-state index is 14.3. The molecule has 26 heavy (non-hydrogen) atoms. The van der Waals surface area contributed by atoms with Crippen LogP contribution in [0.15, 0.2) is 35.3 Å². The lowest BCUT2D eigenvalue weighted by atomic mass is 10.2. The second-order valence-corrected chi connectivity index (χ2v) is 6.15. The van der Waals surface area contributed by atoms with E-state index in [1.165, 1.54) is 0 Å². The fourth-order valence-corrected chi connectivity index (χ4v) is 2.25. The van der Waals surface area contributed by atoms with E-state index in [0.29, 0.717) is 16.5 Å². The van der Waals surface area contributed by atoms with E-state index in [2.05, 4.69) is 11.7 Å². The second-order valence-electron chi connectivity index (χ2n) is 5.74. The molecule has 0 aliphatic heterocycles. The number of benzene rings is 1. The van der Waals surface area contributed by atoms with Gasteiger partial charge in [-0.2, -0.15) is 23.0 Å². The molecule has 140 valence electrons. The molecule has 1 aromatic heterocycles. The van der Waals surface area contributed by atoms with Gasteiger partial charge in [-0.05, 0) is 32.4 Å². The highest BCUT2D eigenvalue weighted by Gasteiger charge is 2.34. The van der Waals surface area contributed by atoms with Crippen LogP contribution in [0.2, 0.25) is 5.02 Å². The predicted molar refractivity (Wildman–Crippen MR) is 89.4 cm³/mol. The zero-order valence-electron chi connectivity index (χ0n) is 14.1. The molecule has 0 bridgehead atoms. The molecule has 0 aliphatic carbocycles. The summed E-state index contributed by atoms with van der Waals surface area (Å²) >= 11 is 5.94. The third-order valence-corrected chi connectivity index (χ3v) is 4.05. The summed E-state index contributed by atoms with van der Waals surface area (Å²) in [5.41, 5.74) is -2.58. The van der Waals surface area contributed by atoms with Gasteiger partial charge in [-0.1, -0.05) is 18.2 Å². The molecule has 1 atom stereocenters. The molecule has 0 amide bonds. The molecule has 0 N–H and O–H groups in total. The van der Waals surface area contributed by atoms with Crippen molar-refractivity contribution in [1.82, 2.24) is 9.78 Å². The Balaban J connectivity index is 2.61. The Morgan fingerprint density at radius 3 is 2.54 bits per heavy atom. The van der Waals surface area contributed by atoms with Crippen LogP contribution in [-0.2, 0) is 6.18 Å². The van der Waals surface area contributed by atoms with Crippen molar-refractivity contribution in [2.24, 2.45) is 0 Å². The molecule has 0 saturated heterocycles. The van der Waals surface area contributed by atoms with E-state index in [-0.39, 0.29) is 16.5 Å². The van der Waals surface area contributed by atoms with Crippen molar-refractivity contribution in [3.8, 4) is 11.4 Å². The molecule has 0 radical (unpaired) electrons. The van der Waals surface area contributed by atoms with Crippen molar-refractivity contribution < 1.29 is 22.3 Å². The van der Waals surface area contributed by atoms with E-state index in [1.807, 2.05) is 0 Å². The third kappa shape index (κ3) is 3.90. The molecular weight excluding hydrogens is 376 g/mol. The normalized spacial score (nSPS) is 12.8. The van der Waals surface area contributed by atoms with Crippen LogP contribution in [-0.4, -0.2) is 15.9 Å². The third-order valence-electron chi connectivity index (χ3n) is 3.75. The lowest BCUT2D eigenvalue weighted by molar-refractivity contribution is -0.138. The molecule has 0 spiro atoms. The highest BCUT2D eigenvalue weighted by Crippen LogP contribution is 2.32. The summed E-state index contributed by atoms with van der Waals surface area (Å²) in [6.07, 6.45) is -4.72. The van der Waals surface area contributed by atoms with Crippen LogP contribution in [0.3, 0.4) is 0 Å². The SMILES string of the molecule is C=C(C)C(C)Oc1cc(-n2ncc(C(F)(F)F)c(C)c2=O)c(F)cc1Cl. The molecule has 0 saturated carbocycles. The van der Waals surface area contributed by atoms with Gasteiger partial charge in [-0.15, -0.1) is 0 Å². The predicted octanol–water partition coefficient (Wildman–Crippen LogP) is 4.70. The first kappa shape index (κ1) is 20.0. The van der Waals surface area contributed by atoms with Gasteiger partial charge in [0.15, 0.2) is 5.82 Å². The first-order chi connectivity index (χ1) is 11.9. The summed E-state index contributed by atoms with van der Waals surface area (Å²) in [6, 6.07) is 2.01. The monoisotopic (exact) mass is 390 g/mol. The summed E-state index contributed by atoms with van der Waals surface area (Å²) in [4.78, 5) is 12.3. The van der Waals surface area contributed by atoms with Crippen LogP contribution < -0.4 is 10.3 Å². The quantitative estimate of drug-likeness (QED) is 0.561. The molecule has 2 rings (SSSR count). The van der Waals surface area contributed by atoms with Crippen molar-refractivity contribution in [1.29, 1.82) is 0 Å². The van der Waals surface area contributed by atoms with Crippen molar-refractivity contribution in [2.75, 3.05) is 0 Å². The summed E-state index contributed by atoms with van der Waals surface area (Å²) < 4.78 is 59.0. The molecular formula is C17H15ClF4N2O2. The number of nitrogens with zero attached hydrogens (tertiary/aromatic N) is 2. The fourth-order valence-electron chi connectivity index (χ4n) is 2.06. The average Bonchev–Trinajstić information content (AvgIpc) is 2.51. The standard InChI is InChI=1S/C17H15ClF4N2O2/c1-8(2)10(4)26-15-6-14(13(19)5-12(15)18)24-16(25)9(3)11(7-23-24)17(20,21)22/h5-7,10H,1H2,2-4H3. The minimum atomic E-state index is -4.74. The van der Waals surface area contributed by atoms with Crippen LogP contribution in [0.25, 0.3) is 5.69 Å². The van der Waals surface area contributed by atoms with Gasteiger partial charge < -0.3 is 4.74 Å². The summed E-state index contributed by atoms with van der Waals surface area (Å²) in [5, 5.41) is 3.39. The maximum absolute atomic E-state index is 14.3. The van der Waals surface area contributed by atoms with E-state index in [4.69, 9.17) is 16.3 Å². The molecule has 0 aliphatic rings. The topological polar surface area (TPSA) is 44.1 Å². The Bertz CT molecular complexity index is 922. The van der Waals surface area contributed by atoms with Gasteiger partial charge in [0, 0.05) is 11.6 Å². The highest BCUT2D eigenvalue weighted by atomic mass is 35.5. The van der Waals surface area contributed by atoms with Gasteiger partial charge in [0.05, 0.1) is 16.8 Å². The summed E-state index contributed by atoms with van der Waals surface area (Å²) in [6.45, 7) is 8.12. The lowest BCUT2D eigenvalue weighted by Gasteiger charge is -2.17. The second kappa shape index (κ2) is 7.11. The average molecular weight is 391 g/mol. The van der Waals surface area contributed by atoms with Gasteiger partial charge in [0.2, 0.25) is 0 Å². The van der Waals surface area contributed by atoms with Crippen LogP contribution in [0, 0.1) is 12.7 Å². The van der Waals surface area contributed by atoms with Gasteiger partial charge in [-0.3, -0.25) is 4.79 Å². The Morgan fingerprint density at radius 2 is 2.00 bits per heavy atom. The van der Waals surface area contributed by atoms with E-state index < -0.39 is 34.8 Å². The van der Waals surface area contributed by atoms with Crippen LogP contribution in [0.4, 0.5) is 17.6 Å². The summed E-state index contributed by atoms with van der Waals surface area (Å²) in [7, 11) is 0. The van der Waals surface area contributed by atoms with Crippen molar-refractivity contribution in [3.63, 3.8) is 0 Å². The zero-order chi connectivity index (χ0) is 19.8. The minimum Gasteiger partial charge on any atom is -0.485 e. The number of aromatic nitrogens is 2. The van der Waals surface area contributed by atoms with Gasteiger partial charge in [0.25, 0.3) is 5.56 Å². The van der Waals surface area contributed by atoms with Crippen molar-refractivity contribution >= 4 is 11.6 Å². The fraction of sp³-hybridized carbons (Fsp3) is 0.294. The van der Waals surface area contributed by atoms with E-state index in [1.54, 1.807) is 13.8 Å². The molecule has 1 unspecified atom stereocenters. The largest absolute Gasteiger partial charge is 0.485 e. The number of alkyl halides is 3. The van der Waals surface area contributed by atoms with Crippen molar-refractivity contribution in [3.05, 3.63) is 62.8 Å². The molecule has 2 aromatic rings. The molecule has 1 aromatic carbocycles. The van der Waals surface area contributed by atoms with Gasteiger partial charge >= 0.3 is 6.18 Å². The number of ether oxygens (including phenoxy) is 1. The Labute approximate surface area is 151 Å².